The summed E-state index contributed by atoms with van der Waals surface area (Å²) in [6.45, 7) is 4.99. The molecular weight excluding hydrogens is 324 g/mol. The molecule has 0 bridgehead atoms. The highest BCUT2D eigenvalue weighted by atomic mass is 16.5. The van der Waals surface area contributed by atoms with Gasteiger partial charge >= 0.3 is 6.03 Å². The zero-order chi connectivity index (χ0) is 17.5. The van der Waals surface area contributed by atoms with Crippen molar-refractivity contribution >= 4 is 17.5 Å². The molecule has 134 valence electrons. The summed E-state index contributed by atoms with van der Waals surface area (Å²) in [5, 5.41) is 12.9. The smallest absolute Gasteiger partial charge is 0.324 e. The normalized spacial score (nSPS) is 14.9. The molecule has 9 nitrogen and oxygen atoms in total. The van der Waals surface area contributed by atoms with Crippen LogP contribution in [0.15, 0.2) is 30.5 Å². The van der Waals surface area contributed by atoms with Crippen LogP contribution in [0.2, 0.25) is 0 Å². The molecule has 1 saturated heterocycles. The van der Waals surface area contributed by atoms with E-state index in [0.29, 0.717) is 18.1 Å². The fraction of sp³-hybridized carbons (Fsp3) is 0.438. The van der Waals surface area contributed by atoms with Gasteiger partial charge in [-0.1, -0.05) is 5.21 Å². The molecule has 1 aromatic heterocycles. The molecular formula is C16H22N6O3. The van der Waals surface area contributed by atoms with Crippen LogP contribution in [0.25, 0.3) is 0 Å². The first-order chi connectivity index (χ1) is 12.2. The summed E-state index contributed by atoms with van der Waals surface area (Å²) in [4.78, 5) is 14.2. The van der Waals surface area contributed by atoms with Crippen molar-refractivity contribution in [2.24, 2.45) is 7.05 Å². The molecule has 9 heteroatoms. The first kappa shape index (κ1) is 17.2. The minimum absolute atomic E-state index is 0.355. The van der Waals surface area contributed by atoms with Crippen LogP contribution < -0.4 is 15.4 Å². The van der Waals surface area contributed by atoms with Crippen molar-refractivity contribution in [3.05, 3.63) is 30.5 Å². The third-order valence-electron chi connectivity index (χ3n) is 3.85. The van der Waals surface area contributed by atoms with Crippen LogP contribution in [0.4, 0.5) is 16.3 Å². The number of nitrogens with zero attached hydrogens (tertiary/aromatic N) is 4. The van der Waals surface area contributed by atoms with Crippen molar-refractivity contribution < 1.29 is 14.3 Å². The Hall–Kier alpha value is -2.65. The van der Waals surface area contributed by atoms with Gasteiger partial charge in [0.05, 0.1) is 19.4 Å². The van der Waals surface area contributed by atoms with Gasteiger partial charge in [-0.15, -0.1) is 5.10 Å². The maximum atomic E-state index is 11.9. The second-order valence-corrected chi connectivity index (χ2v) is 5.65. The van der Waals surface area contributed by atoms with Crippen LogP contribution in [0.5, 0.6) is 5.75 Å². The van der Waals surface area contributed by atoms with Gasteiger partial charge in [0.25, 0.3) is 0 Å². The van der Waals surface area contributed by atoms with Gasteiger partial charge in [0, 0.05) is 32.4 Å². The standard InChI is InChI=1S/C16H22N6O3/c1-21-15(12-17-20-21)19-16(23)18-13-2-4-14(5-3-13)25-11-8-22-6-9-24-10-7-22/h2-5,12H,6-11H2,1H3,(H2,18,19,23). The average molecular weight is 346 g/mol. The first-order valence-electron chi connectivity index (χ1n) is 8.16. The molecule has 2 amide bonds. The monoisotopic (exact) mass is 346 g/mol. The average Bonchev–Trinajstić information content (AvgIpc) is 3.02. The van der Waals surface area contributed by atoms with Gasteiger partial charge in [-0.3, -0.25) is 10.2 Å². The van der Waals surface area contributed by atoms with E-state index in [1.54, 1.807) is 19.2 Å². The van der Waals surface area contributed by atoms with Gasteiger partial charge < -0.3 is 14.8 Å². The molecule has 1 aliphatic heterocycles. The van der Waals surface area contributed by atoms with Gasteiger partial charge in [0.15, 0.2) is 5.82 Å². The van der Waals surface area contributed by atoms with Gasteiger partial charge in [0.2, 0.25) is 0 Å². The van der Waals surface area contributed by atoms with E-state index in [9.17, 15) is 4.79 Å². The van der Waals surface area contributed by atoms with Crippen molar-refractivity contribution in [2.75, 3.05) is 50.1 Å². The van der Waals surface area contributed by atoms with Crippen LogP contribution in [0.1, 0.15) is 0 Å². The summed E-state index contributed by atoms with van der Waals surface area (Å²) in [7, 11) is 1.70. The summed E-state index contributed by atoms with van der Waals surface area (Å²) in [5.41, 5.74) is 0.674. The summed E-state index contributed by atoms with van der Waals surface area (Å²) in [6, 6.07) is 6.91. The number of aromatic nitrogens is 3. The molecule has 25 heavy (non-hydrogen) atoms. The minimum atomic E-state index is -0.355. The lowest BCUT2D eigenvalue weighted by Gasteiger charge is -2.26. The van der Waals surface area contributed by atoms with E-state index in [1.165, 1.54) is 10.9 Å². The number of aryl methyl sites for hydroxylation is 1. The van der Waals surface area contributed by atoms with E-state index < -0.39 is 0 Å². The lowest BCUT2D eigenvalue weighted by atomic mass is 10.3. The van der Waals surface area contributed by atoms with E-state index >= 15 is 0 Å². The number of hydrogen-bond donors (Lipinski definition) is 2. The number of rotatable bonds is 6. The highest BCUT2D eigenvalue weighted by Crippen LogP contribution is 2.16. The van der Waals surface area contributed by atoms with Crippen molar-refractivity contribution in [1.29, 1.82) is 0 Å². The lowest BCUT2D eigenvalue weighted by molar-refractivity contribution is 0.0322. The molecule has 0 unspecified atom stereocenters. The number of carbonyl (C=O) groups is 1. The van der Waals surface area contributed by atoms with Crippen molar-refractivity contribution in [1.82, 2.24) is 19.9 Å². The van der Waals surface area contributed by atoms with Crippen LogP contribution in [0.3, 0.4) is 0 Å². The maximum absolute atomic E-state index is 11.9. The second kappa shape index (κ2) is 8.45. The Morgan fingerprint density at radius 2 is 2.00 bits per heavy atom. The number of nitrogens with one attached hydrogen (secondary N) is 2. The minimum Gasteiger partial charge on any atom is -0.492 e. The molecule has 2 N–H and O–H groups in total. The molecule has 1 aromatic carbocycles. The Morgan fingerprint density at radius 1 is 1.24 bits per heavy atom. The molecule has 1 aliphatic rings. The molecule has 0 aliphatic carbocycles. The highest BCUT2D eigenvalue weighted by molar-refractivity contribution is 5.99. The molecule has 1 fully saturated rings. The zero-order valence-corrected chi connectivity index (χ0v) is 14.1. The van der Waals surface area contributed by atoms with E-state index in [-0.39, 0.29) is 6.03 Å². The predicted octanol–water partition coefficient (Wildman–Crippen LogP) is 1.17. The predicted molar refractivity (Wildman–Crippen MR) is 92.8 cm³/mol. The Kier molecular flexibility index (Phi) is 5.81. The Morgan fingerprint density at radius 3 is 2.68 bits per heavy atom. The third kappa shape index (κ3) is 5.16. The number of morpholine rings is 1. The Balaban J connectivity index is 1.42. The molecule has 2 aromatic rings. The molecule has 0 atom stereocenters. The maximum Gasteiger partial charge on any atom is 0.324 e. The second-order valence-electron chi connectivity index (χ2n) is 5.65. The number of hydrogen-bond acceptors (Lipinski definition) is 6. The molecule has 0 saturated carbocycles. The van der Waals surface area contributed by atoms with Crippen molar-refractivity contribution in [3.63, 3.8) is 0 Å². The van der Waals surface area contributed by atoms with E-state index in [4.69, 9.17) is 9.47 Å². The van der Waals surface area contributed by atoms with Crippen molar-refractivity contribution in [3.8, 4) is 5.75 Å². The number of urea groups is 1. The zero-order valence-electron chi connectivity index (χ0n) is 14.1. The van der Waals surface area contributed by atoms with Crippen LogP contribution in [0, 0.1) is 0 Å². The van der Waals surface area contributed by atoms with Gasteiger partial charge in [0.1, 0.15) is 12.4 Å². The Labute approximate surface area is 145 Å². The molecule has 3 rings (SSSR count). The number of amides is 2. The summed E-state index contributed by atoms with van der Waals surface area (Å²) in [6.07, 6.45) is 1.48. The largest absolute Gasteiger partial charge is 0.492 e. The summed E-state index contributed by atoms with van der Waals surface area (Å²) >= 11 is 0. The summed E-state index contributed by atoms with van der Waals surface area (Å²) < 4.78 is 12.5. The van der Waals surface area contributed by atoms with Crippen LogP contribution in [-0.4, -0.2) is 65.4 Å². The van der Waals surface area contributed by atoms with E-state index in [1.807, 2.05) is 12.1 Å². The first-order valence-corrected chi connectivity index (χ1v) is 8.16. The molecule has 0 radical (unpaired) electrons. The fourth-order valence-electron chi connectivity index (χ4n) is 2.43. The van der Waals surface area contributed by atoms with Crippen molar-refractivity contribution in [2.45, 2.75) is 0 Å². The van der Waals surface area contributed by atoms with Gasteiger partial charge in [-0.25, -0.2) is 9.48 Å². The molecule has 2 heterocycles. The quantitative estimate of drug-likeness (QED) is 0.815. The van der Waals surface area contributed by atoms with Crippen LogP contribution in [-0.2, 0) is 11.8 Å². The van der Waals surface area contributed by atoms with E-state index in [0.717, 1.165) is 38.6 Å². The SMILES string of the molecule is Cn1nncc1NC(=O)Nc1ccc(OCCN2CCOCC2)cc1. The van der Waals surface area contributed by atoms with E-state index in [2.05, 4.69) is 25.8 Å². The topological polar surface area (TPSA) is 93.5 Å². The number of carbonyl (C=O) groups excluding carboxylic acids is 1. The number of benzene rings is 1. The van der Waals surface area contributed by atoms with Gasteiger partial charge in [-0.2, -0.15) is 0 Å². The van der Waals surface area contributed by atoms with Gasteiger partial charge in [-0.05, 0) is 24.3 Å². The number of anilines is 2. The highest BCUT2D eigenvalue weighted by Gasteiger charge is 2.10. The number of ether oxygens (including phenoxy) is 2. The fourth-order valence-corrected chi connectivity index (χ4v) is 2.43. The summed E-state index contributed by atoms with van der Waals surface area (Å²) in [5.74, 6) is 1.29. The molecule has 0 spiro atoms. The third-order valence-corrected chi connectivity index (χ3v) is 3.85. The Bertz CT molecular complexity index is 681. The van der Waals surface area contributed by atoms with Crippen LogP contribution >= 0.6 is 0 Å². The lowest BCUT2D eigenvalue weighted by Crippen LogP contribution is -2.38.